The van der Waals surface area contributed by atoms with Crippen molar-refractivity contribution in [3.63, 3.8) is 0 Å². The van der Waals surface area contributed by atoms with E-state index in [1.165, 1.54) is 18.2 Å². The molecule has 0 atom stereocenters. The molecule has 0 aromatic heterocycles. The van der Waals surface area contributed by atoms with Crippen LogP contribution in [0, 0.1) is 10.1 Å². The van der Waals surface area contributed by atoms with Crippen LogP contribution in [0.3, 0.4) is 0 Å². The average Bonchev–Trinajstić information content (AvgIpc) is 2.44. The molecular formula is C14H10BrClN2O3. The van der Waals surface area contributed by atoms with E-state index in [4.69, 9.17) is 11.6 Å². The van der Waals surface area contributed by atoms with Crippen molar-refractivity contribution in [2.24, 2.45) is 0 Å². The second-order valence-electron chi connectivity index (χ2n) is 4.21. The molecule has 0 aliphatic heterocycles. The highest BCUT2D eigenvalue weighted by molar-refractivity contribution is 9.10. The number of carbonyl (C=O) groups is 1. The van der Waals surface area contributed by atoms with Gasteiger partial charge in [-0.25, -0.2) is 0 Å². The van der Waals surface area contributed by atoms with Crippen molar-refractivity contribution in [1.82, 2.24) is 5.32 Å². The maximum absolute atomic E-state index is 12.1. The number of nitro benzene ring substituents is 1. The van der Waals surface area contributed by atoms with Crippen LogP contribution in [0.2, 0.25) is 5.02 Å². The molecule has 0 radical (unpaired) electrons. The first-order valence-corrected chi connectivity index (χ1v) is 7.11. The van der Waals surface area contributed by atoms with Crippen LogP contribution in [-0.4, -0.2) is 10.8 Å². The van der Waals surface area contributed by atoms with Gasteiger partial charge in [0.05, 0.1) is 4.92 Å². The van der Waals surface area contributed by atoms with E-state index in [0.717, 1.165) is 10.0 Å². The molecule has 2 aromatic carbocycles. The summed E-state index contributed by atoms with van der Waals surface area (Å²) < 4.78 is 0.892. The zero-order chi connectivity index (χ0) is 15.4. The van der Waals surface area contributed by atoms with E-state index in [2.05, 4.69) is 21.2 Å². The van der Waals surface area contributed by atoms with Crippen molar-refractivity contribution in [2.75, 3.05) is 0 Å². The Kier molecular flexibility index (Phi) is 4.93. The predicted molar refractivity (Wildman–Crippen MR) is 83.4 cm³/mol. The molecule has 108 valence electrons. The number of hydrogen-bond acceptors (Lipinski definition) is 3. The van der Waals surface area contributed by atoms with Crippen LogP contribution in [0.4, 0.5) is 5.69 Å². The standard InChI is InChI=1S/C14H10BrClN2O3/c15-10-4-1-3-9(7-10)8-17-14(19)11-5-2-6-12(16)13(11)18(20)21/h1-7H,8H2,(H,17,19). The largest absolute Gasteiger partial charge is 0.348 e. The van der Waals surface area contributed by atoms with Gasteiger partial charge in [0.15, 0.2) is 0 Å². The zero-order valence-corrected chi connectivity index (χ0v) is 13.0. The van der Waals surface area contributed by atoms with Gasteiger partial charge in [0.1, 0.15) is 10.6 Å². The second kappa shape index (κ2) is 6.69. The molecule has 0 aliphatic carbocycles. The molecule has 1 N–H and O–H groups in total. The molecule has 0 fully saturated rings. The number of nitrogens with zero attached hydrogens (tertiary/aromatic N) is 1. The minimum Gasteiger partial charge on any atom is -0.348 e. The van der Waals surface area contributed by atoms with Gasteiger partial charge in [-0.3, -0.25) is 14.9 Å². The lowest BCUT2D eigenvalue weighted by molar-refractivity contribution is -0.385. The predicted octanol–water partition coefficient (Wildman–Crippen LogP) is 3.94. The molecule has 0 heterocycles. The van der Waals surface area contributed by atoms with Crippen LogP contribution < -0.4 is 5.32 Å². The highest BCUT2D eigenvalue weighted by atomic mass is 79.9. The quantitative estimate of drug-likeness (QED) is 0.655. The maximum Gasteiger partial charge on any atom is 0.300 e. The molecule has 2 rings (SSSR count). The molecule has 0 saturated carbocycles. The normalized spacial score (nSPS) is 10.2. The Morgan fingerprint density at radius 3 is 2.67 bits per heavy atom. The summed E-state index contributed by atoms with van der Waals surface area (Å²) in [7, 11) is 0. The molecule has 2 aromatic rings. The molecule has 0 spiro atoms. The lowest BCUT2D eigenvalue weighted by Crippen LogP contribution is -2.23. The summed E-state index contributed by atoms with van der Waals surface area (Å²) in [5.41, 5.74) is 0.441. The molecule has 1 amide bonds. The lowest BCUT2D eigenvalue weighted by Gasteiger charge is -2.07. The minimum absolute atomic E-state index is 0.0532. The zero-order valence-electron chi connectivity index (χ0n) is 10.7. The van der Waals surface area contributed by atoms with Crippen molar-refractivity contribution in [2.45, 2.75) is 6.54 Å². The minimum atomic E-state index is -0.656. The van der Waals surface area contributed by atoms with Crippen LogP contribution in [0.1, 0.15) is 15.9 Å². The van der Waals surface area contributed by atoms with Crippen LogP contribution in [-0.2, 0) is 6.54 Å². The van der Waals surface area contributed by atoms with Gasteiger partial charge in [-0.15, -0.1) is 0 Å². The fourth-order valence-electron chi connectivity index (χ4n) is 1.81. The number of para-hydroxylation sites is 1. The van der Waals surface area contributed by atoms with Gasteiger partial charge in [-0.2, -0.15) is 0 Å². The molecule has 0 unspecified atom stereocenters. The molecule has 0 saturated heterocycles. The van der Waals surface area contributed by atoms with Gasteiger partial charge >= 0.3 is 5.69 Å². The van der Waals surface area contributed by atoms with E-state index in [1.54, 1.807) is 0 Å². The van der Waals surface area contributed by atoms with Crippen molar-refractivity contribution in [3.8, 4) is 0 Å². The van der Waals surface area contributed by atoms with E-state index >= 15 is 0 Å². The van der Waals surface area contributed by atoms with Gasteiger partial charge in [0, 0.05) is 11.0 Å². The number of rotatable bonds is 4. The fraction of sp³-hybridized carbons (Fsp3) is 0.0714. The van der Waals surface area contributed by atoms with Gasteiger partial charge in [0.2, 0.25) is 0 Å². The molecule has 21 heavy (non-hydrogen) atoms. The molecule has 7 heteroatoms. The van der Waals surface area contributed by atoms with Crippen LogP contribution in [0.25, 0.3) is 0 Å². The van der Waals surface area contributed by atoms with Gasteiger partial charge in [-0.1, -0.05) is 45.7 Å². The van der Waals surface area contributed by atoms with E-state index in [-0.39, 0.29) is 22.8 Å². The van der Waals surface area contributed by atoms with Crippen molar-refractivity contribution >= 4 is 39.1 Å². The lowest BCUT2D eigenvalue weighted by atomic mass is 10.1. The Balaban J connectivity index is 2.18. The third kappa shape index (κ3) is 3.80. The number of nitro groups is 1. The number of nitrogens with one attached hydrogen (secondary N) is 1. The highest BCUT2D eigenvalue weighted by Gasteiger charge is 2.23. The van der Waals surface area contributed by atoms with Gasteiger partial charge < -0.3 is 5.32 Å². The Morgan fingerprint density at radius 1 is 1.29 bits per heavy atom. The maximum atomic E-state index is 12.1. The van der Waals surface area contributed by atoms with E-state index < -0.39 is 10.8 Å². The summed E-state index contributed by atoms with van der Waals surface area (Å²) in [6.45, 7) is 0.266. The molecular weight excluding hydrogens is 360 g/mol. The van der Waals surface area contributed by atoms with Gasteiger partial charge in [0.25, 0.3) is 5.91 Å². The van der Waals surface area contributed by atoms with Crippen molar-refractivity contribution in [3.05, 3.63) is 73.2 Å². The summed E-state index contributed by atoms with van der Waals surface area (Å²) in [5.74, 6) is -0.538. The third-order valence-corrected chi connectivity index (χ3v) is 3.55. The number of carbonyl (C=O) groups excluding carboxylic acids is 1. The summed E-state index contributed by atoms with van der Waals surface area (Å²) in [4.78, 5) is 22.4. The summed E-state index contributed by atoms with van der Waals surface area (Å²) in [6.07, 6.45) is 0. The highest BCUT2D eigenvalue weighted by Crippen LogP contribution is 2.28. The number of amides is 1. The number of hydrogen-bond donors (Lipinski definition) is 1. The summed E-state index contributed by atoms with van der Waals surface area (Å²) in [5, 5.41) is 13.6. The number of halogens is 2. The Bertz CT molecular complexity index is 706. The number of benzene rings is 2. The first-order chi connectivity index (χ1) is 9.99. The topological polar surface area (TPSA) is 72.2 Å². The Labute approximate surface area is 134 Å². The van der Waals surface area contributed by atoms with Crippen molar-refractivity contribution < 1.29 is 9.72 Å². The SMILES string of the molecule is O=C(NCc1cccc(Br)c1)c1cccc(Cl)c1[N+](=O)[O-]. The fourth-order valence-corrected chi connectivity index (χ4v) is 2.50. The third-order valence-electron chi connectivity index (χ3n) is 2.76. The smallest absolute Gasteiger partial charge is 0.300 e. The second-order valence-corrected chi connectivity index (χ2v) is 5.53. The van der Waals surface area contributed by atoms with E-state index in [0.29, 0.717) is 0 Å². The first-order valence-electron chi connectivity index (χ1n) is 5.94. The Hall–Kier alpha value is -1.92. The Morgan fingerprint density at radius 2 is 2.00 bits per heavy atom. The molecule has 0 aliphatic rings. The van der Waals surface area contributed by atoms with Crippen molar-refractivity contribution in [1.29, 1.82) is 0 Å². The average molecular weight is 370 g/mol. The molecule has 5 nitrogen and oxygen atoms in total. The van der Waals surface area contributed by atoms with Crippen LogP contribution in [0.15, 0.2) is 46.9 Å². The van der Waals surface area contributed by atoms with E-state index in [1.807, 2.05) is 24.3 Å². The van der Waals surface area contributed by atoms with Gasteiger partial charge in [-0.05, 0) is 29.8 Å². The summed E-state index contributed by atoms with van der Waals surface area (Å²) >= 11 is 9.11. The van der Waals surface area contributed by atoms with Crippen LogP contribution in [0.5, 0.6) is 0 Å². The van der Waals surface area contributed by atoms with E-state index in [9.17, 15) is 14.9 Å². The molecule has 0 bridgehead atoms. The van der Waals surface area contributed by atoms with Crippen LogP contribution >= 0.6 is 27.5 Å². The summed E-state index contributed by atoms with van der Waals surface area (Å²) in [6, 6.07) is 11.7. The monoisotopic (exact) mass is 368 g/mol. The first kappa shape index (κ1) is 15.5.